The molecule has 1 fully saturated rings. The highest BCUT2D eigenvalue weighted by Gasteiger charge is 2.34. The Bertz CT molecular complexity index is 1110. The zero-order chi connectivity index (χ0) is 22.0. The lowest BCUT2D eigenvalue weighted by molar-refractivity contribution is -0.117. The molecule has 2 amide bonds. The van der Waals surface area contributed by atoms with Crippen LogP contribution in [0.1, 0.15) is 33.3 Å². The van der Waals surface area contributed by atoms with Crippen molar-refractivity contribution in [3.63, 3.8) is 0 Å². The van der Waals surface area contributed by atoms with Crippen molar-refractivity contribution in [2.45, 2.75) is 19.3 Å². The number of hydrogen-bond donors (Lipinski definition) is 1. The number of hydrogen-bond acceptors (Lipinski definition) is 7. The third-order valence-corrected chi connectivity index (χ3v) is 6.20. The first kappa shape index (κ1) is 20.8. The van der Waals surface area contributed by atoms with Crippen LogP contribution in [0.5, 0.6) is 11.5 Å². The molecule has 31 heavy (non-hydrogen) atoms. The van der Waals surface area contributed by atoms with Gasteiger partial charge in [0.1, 0.15) is 22.1 Å². The number of benzene rings is 2. The molecule has 3 aromatic rings. The molecule has 1 aliphatic heterocycles. The molecule has 2 heterocycles. The summed E-state index contributed by atoms with van der Waals surface area (Å²) in [6.45, 7) is 2.52. The molecule has 1 unspecified atom stereocenters. The highest BCUT2D eigenvalue weighted by molar-refractivity contribution is 7.15. The number of carbonyl (C=O) groups is 2. The van der Waals surface area contributed by atoms with Crippen LogP contribution in [0.4, 0.5) is 10.8 Å². The summed E-state index contributed by atoms with van der Waals surface area (Å²) in [5.41, 5.74) is 2.25. The molecule has 1 aromatic heterocycles. The molecule has 2 aromatic carbocycles. The number of aryl methyl sites for hydroxylation is 1. The van der Waals surface area contributed by atoms with E-state index < -0.39 is 5.91 Å². The summed E-state index contributed by atoms with van der Waals surface area (Å²) < 4.78 is 10.6. The van der Waals surface area contributed by atoms with Gasteiger partial charge in [-0.2, -0.15) is 0 Å². The predicted octanol–water partition coefficient (Wildman–Crippen LogP) is 3.64. The van der Waals surface area contributed by atoms with Gasteiger partial charge in [-0.1, -0.05) is 35.6 Å². The molecule has 0 aliphatic carbocycles. The molecular weight excluding hydrogens is 416 g/mol. The van der Waals surface area contributed by atoms with E-state index in [2.05, 4.69) is 15.5 Å². The number of carbonyl (C=O) groups excluding carboxylic acids is 2. The minimum atomic E-state index is -0.402. The van der Waals surface area contributed by atoms with Gasteiger partial charge in [0, 0.05) is 24.6 Å². The number of para-hydroxylation sites is 1. The largest absolute Gasteiger partial charge is 0.496 e. The smallest absolute Gasteiger partial charge is 0.265 e. The molecule has 1 atom stereocenters. The Morgan fingerprint density at radius 1 is 1.10 bits per heavy atom. The van der Waals surface area contributed by atoms with Crippen molar-refractivity contribution in [3.05, 3.63) is 58.6 Å². The minimum absolute atomic E-state index is 0.0545. The Balaban J connectivity index is 1.50. The lowest BCUT2D eigenvalue weighted by Gasteiger charge is -2.18. The summed E-state index contributed by atoms with van der Waals surface area (Å²) in [6.07, 6.45) is 0.358. The van der Waals surface area contributed by atoms with Gasteiger partial charge in [0.25, 0.3) is 5.91 Å². The topological polar surface area (TPSA) is 93.6 Å². The van der Waals surface area contributed by atoms with Gasteiger partial charge in [0.2, 0.25) is 11.0 Å². The number of amides is 2. The molecule has 1 saturated heterocycles. The van der Waals surface area contributed by atoms with E-state index >= 15 is 0 Å². The molecule has 160 valence electrons. The standard InChI is InChI=1S/C22H22N4O4S/c1-13-7-4-5-8-15(13)26-12-14(11-18(26)27)21-24-25-22(31-21)23-20(28)19-16(29-2)9-6-10-17(19)30-3/h4-10,14H,11-12H2,1-3H3,(H,23,25,28). The van der Waals surface area contributed by atoms with Gasteiger partial charge in [-0.05, 0) is 30.7 Å². The summed E-state index contributed by atoms with van der Waals surface area (Å²) in [7, 11) is 2.98. The van der Waals surface area contributed by atoms with Crippen LogP contribution in [0.25, 0.3) is 0 Å². The summed E-state index contributed by atoms with van der Waals surface area (Å²) in [4.78, 5) is 27.2. The van der Waals surface area contributed by atoms with Crippen LogP contribution >= 0.6 is 11.3 Å². The van der Waals surface area contributed by atoms with Crippen LogP contribution in [0, 0.1) is 6.92 Å². The van der Waals surface area contributed by atoms with E-state index in [-0.39, 0.29) is 17.4 Å². The summed E-state index contributed by atoms with van der Waals surface area (Å²) >= 11 is 1.27. The number of methoxy groups -OCH3 is 2. The van der Waals surface area contributed by atoms with E-state index in [0.717, 1.165) is 11.3 Å². The molecule has 8 nitrogen and oxygen atoms in total. The zero-order valence-corrected chi connectivity index (χ0v) is 18.2. The SMILES string of the molecule is COc1cccc(OC)c1C(=O)Nc1nnc(C2CC(=O)N(c3ccccc3C)C2)s1. The maximum absolute atomic E-state index is 12.8. The fourth-order valence-electron chi connectivity index (χ4n) is 3.66. The zero-order valence-electron chi connectivity index (χ0n) is 17.4. The molecule has 1 N–H and O–H groups in total. The van der Waals surface area contributed by atoms with Crippen molar-refractivity contribution in [3.8, 4) is 11.5 Å². The van der Waals surface area contributed by atoms with E-state index in [1.807, 2.05) is 31.2 Å². The highest BCUT2D eigenvalue weighted by Crippen LogP contribution is 2.36. The Hall–Kier alpha value is -3.46. The number of nitrogens with one attached hydrogen (secondary N) is 1. The van der Waals surface area contributed by atoms with Gasteiger partial charge < -0.3 is 14.4 Å². The predicted molar refractivity (Wildman–Crippen MR) is 118 cm³/mol. The Kier molecular flexibility index (Phi) is 5.85. The van der Waals surface area contributed by atoms with Crippen molar-refractivity contribution in [1.82, 2.24) is 10.2 Å². The van der Waals surface area contributed by atoms with Crippen molar-refractivity contribution < 1.29 is 19.1 Å². The van der Waals surface area contributed by atoms with Crippen molar-refractivity contribution in [2.24, 2.45) is 0 Å². The first-order valence-corrected chi connectivity index (χ1v) is 10.5. The quantitative estimate of drug-likeness (QED) is 0.632. The average Bonchev–Trinajstić information content (AvgIpc) is 3.39. The molecule has 4 rings (SSSR count). The first-order valence-electron chi connectivity index (χ1n) is 9.73. The van der Waals surface area contributed by atoms with E-state index in [0.29, 0.717) is 34.6 Å². The van der Waals surface area contributed by atoms with Gasteiger partial charge in [-0.3, -0.25) is 14.9 Å². The minimum Gasteiger partial charge on any atom is -0.496 e. The summed E-state index contributed by atoms with van der Waals surface area (Å²) in [5, 5.41) is 12.2. The van der Waals surface area contributed by atoms with Gasteiger partial charge in [0.05, 0.1) is 14.2 Å². The lowest BCUT2D eigenvalue weighted by atomic mass is 10.1. The monoisotopic (exact) mass is 438 g/mol. The van der Waals surface area contributed by atoms with Crippen molar-refractivity contribution >= 4 is 34.0 Å². The molecule has 0 radical (unpaired) electrons. The number of nitrogens with zero attached hydrogens (tertiary/aromatic N) is 3. The number of rotatable bonds is 6. The molecule has 0 bridgehead atoms. The maximum Gasteiger partial charge on any atom is 0.265 e. The van der Waals surface area contributed by atoms with E-state index in [1.54, 1.807) is 23.1 Å². The van der Waals surface area contributed by atoms with Crippen molar-refractivity contribution in [2.75, 3.05) is 31.0 Å². The van der Waals surface area contributed by atoms with E-state index in [9.17, 15) is 9.59 Å². The fourth-order valence-corrected chi connectivity index (χ4v) is 4.49. The summed E-state index contributed by atoms with van der Waals surface area (Å²) in [6, 6.07) is 12.9. The Morgan fingerprint density at radius 3 is 2.48 bits per heavy atom. The van der Waals surface area contributed by atoms with Crippen LogP contribution in [-0.2, 0) is 4.79 Å². The second-order valence-electron chi connectivity index (χ2n) is 7.13. The van der Waals surface area contributed by atoms with E-state index in [1.165, 1.54) is 25.6 Å². The second kappa shape index (κ2) is 8.73. The molecule has 0 saturated carbocycles. The maximum atomic E-state index is 12.8. The molecular formula is C22H22N4O4S. The van der Waals surface area contributed by atoms with E-state index in [4.69, 9.17) is 9.47 Å². The van der Waals surface area contributed by atoms with Gasteiger partial charge in [-0.25, -0.2) is 0 Å². The van der Waals surface area contributed by atoms with Crippen molar-refractivity contribution in [1.29, 1.82) is 0 Å². The number of aromatic nitrogens is 2. The second-order valence-corrected chi connectivity index (χ2v) is 8.14. The number of ether oxygens (including phenoxy) is 2. The number of anilines is 2. The molecule has 1 aliphatic rings. The van der Waals surface area contributed by atoms with Crippen LogP contribution in [-0.4, -0.2) is 42.8 Å². The summed E-state index contributed by atoms with van der Waals surface area (Å²) in [5.74, 6) is 0.379. The normalized spacial score (nSPS) is 15.8. The lowest BCUT2D eigenvalue weighted by Crippen LogP contribution is -2.25. The third kappa shape index (κ3) is 4.09. The Morgan fingerprint density at radius 2 is 1.81 bits per heavy atom. The fraction of sp³-hybridized carbons (Fsp3) is 0.273. The van der Waals surface area contributed by atoms with Crippen LogP contribution in [0.3, 0.4) is 0 Å². The third-order valence-electron chi connectivity index (χ3n) is 5.20. The molecule has 0 spiro atoms. The van der Waals surface area contributed by atoms with Gasteiger partial charge in [0.15, 0.2) is 0 Å². The van der Waals surface area contributed by atoms with Gasteiger partial charge in [-0.15, -0.1) is 10.2 Å². The van der Waals surface area contributed by atoms with Crippen LogP contribution in [0.2, 0.25) is 0 Å². The first-order chi connectivity index (χ1) is 15.0. The van der Waals surface area contributed by atoms with Crippen LogP contribution in [0.15, 0.2) is 42.5 Å². The highest BCUT2D eigenvalue weighted by atomic mass is 32.1. The van der Waals surface area contributed by atoms with Crippen LogP contribution < -0.4 is 19.7 Å². The average molecular weight is 439 g/mol. The Labute approximate surface area is 183 Å². The molecule has 9 heteroatoms. The van der Waals surface area contributed by atoms with Gasteiger partial charge >= 0.3 is 0 Å².